The van der Waals surface area contributed by atoms with Crippen LogP contribution in [0.15, 0.2) is 18.2 Å². The third-order valence-electron chi connectivity index (χ3n) is 5.69. The topological polar surface area (TPSA) is 20.2 Å². The average molecular weight is 258 g/mol. The molecular weight excluding hydrogens is 232 g/mol. The molecule has 2 fully saturated rings. The van der Waals surface area contributed by atoms with Gasteiger partial charge in [-0.15, -0.1) is 0 Å². The van der Waals surface area contributed by atoms with Gasteiger partial charge in [-0.25, -0.2) is 0 Å². The first-order valence-electron chi connectivity index (χ1n) is 7.83. The number of rotatable bonds is 1. The molecule has 2 aliphatic rings. The zero-order valence-electron chi connectivity index (χ0n) is 12.3. The molecule has 1 aromatic carbocycles. The highest BCUT2D eigenvalue weighted by Gasteiger charge is 2.44. The molecule has 1 nitrogen and oxygen atoms in total. The maximum atomic E-state index is 11.1. The summed E-state index contributed by atoms with van der Waals surface area (Å²) in [5.74, 6) is 0. The van der Waals surface area contributed by atoms with E-state index in [1.54, 1.807) is 0 Å². The molecule has 1 spiro atoms. The van der Waals surface area contributed by atoms with Crippen molar-refractivity contribution in [1.82, 2.24) is 0 Å². The summed E-state index contributed by atoms with van der Waals surface area (Å²) >= 11 is 0. The number of aliphatic hydroxyl groups is 1. The van der Waals surface area contributed by atoms with Crippen molar-refractivity contribution < 1.29 is 5.11 Å². The van der Waals surface area contributed by atoms with Crippen LogP contribution in [-0.4, -0.2) is 5.11 Å². The SMILES string of the molecule is Cc1ccc(C2(O)CCC3(CCCC3)CC2)c(C)c1. The summed E-state index contributed by atoms with van der Waals surface area (Å²) in [6.45, 7) is 4.26. The number of benzene rings is 1. The maximum Gasteiger partial charge on any atom is 0.0899 e. The van der Waals surface area contributed by atoms with E-state index in [-0.39, 0.29) is 0 Å². The summed E-state index contributed by atoms with van der Waals surface area (Å²) in [6.07, 6.45) is 9.96. The van der Waals surface area contributed by atoms with Crippen LogP contribution in [0.25, 0.3) is 0 Å². The Kier molecular flexibility index (Phi) is 3.21. The van der Waals surface area contributed by atoms with Gasteiger partial charge in [-0.3, -0.25) is 0 Å². The Morgan fingerprint density at radius 1 is 0.895 bits per heavy atom. The van der Waals surface area contributed by atoms with Crippen molar-refractivity contribution in [2.75, 3.05) is 0 Å². The van der Waals surface area contributed by atoms with Gasteiger partial charge in [-0.1, -0.05) is 36.6 Å². The Labute approximate surface area is 117 Å². The fraction of sp³-hybridized carbons (Fsp3) is 0.667. The predicted molar refractivity (Wildman–Crippen MR) is 79.2 cm³/mol. The van der Waals surface area contributed by atoms with Crippen LogP contribution < -0.4 is 0 Å². The summed E-state index contributed by atoms with van der Waals surface area (Å²) in [4.78, 5) is 0. The monoisotopic (exact) mass is 258 g/mol. The summed E-state index contributed by atoms with van der Waals surface area (Å²) in [5.41, 5.74) is 3.74. The first-order valence-corrected chi connectivity index (χ1v) is 7.83. The van der Waals surface area contributed by atoms with Gasteiger partial charge in [-0.05, 0) is 68.9 Å². The number of hydrogen-bond donors (Lipinski definition) is 1. The van der Waals surface area contributed by atoms with E-state index in [9.17, 15) is 5.11 Å². The molecule has 1 N–H and O–H groups in total. The van der Waals surface area contributed by atoms with Crippen LogP contribution >= 0.6 is 0 Å². The standard InChI is InChI=1S/C18H26O/c1-14-5-6-16(15(2)13-14)18(19)11-9-17(10-12-18)7-3-4-8-17/h5-6,13,19H,3-4,7-12H2,1-2H3. The molecule has 1 heteroatoms. The van der Waals surface area contributed by atoms with E-state index in [4.69, 9.17) is 0 Å². The van der Waals surface area contributed by atoms with Crippen molar-refractivity contribution in [2.24, 2.45) is 5.41 Å². The largest absolute Gasteiger partial charge is 0.385 e. The lowest BCUT2D eigenvalue weighted by Gasteiger charge is -2.43. The fourth-order valence-corrected chi connectivity index (χ4v) is 4.42. The van der Waals surface area contributed by atoms with Crippen LogP contribution in [0.5, 0.6) is 0 Å². The molecule has 1 aromatic rings. The first kappa shape index (κ1) is 13.2. The second-order valence-corrected chi connectivity index (χ2v) is 7.06. The van der Waals surface area contributed by atoms with Crippen molar-refractivity contribution in [1.29, 1.82) is 0 Å². The lowest BCUT2D eigenvalue weighted by Crippen LogP contribution is -2.36. The van der Waals surface area contributed by atoms with Crippen molar-refractivity contribution in [3.05, 3.63) is 34.9 Å². The molecular formula is C18H26O. The van der Waals surface area contributed by atoms with Gasteiger partial charge < -0.3 is 5.11 Å². The van der Waals surface area contributed by atoms with E-state index < -0.39 is 5.60 Å². The highest BCUT2D eigenvalue weighted by atomic mass is 16.3. The van der Waals surface area contributed by atoms with Crippen LogP contribution in [-0.2, 0) is 5.60 Å². The van der Waals surface area contributed by atoms with E-state index in [0.717, 1.165) is 12.8 Å². The average Bonchev–Trinajstić information content (AvgIpc) is 2.82. The molecule has 0 unspecified atom stereocenters. The minimum absolute atomic E-state index is 0.564. The number of hydrogen-bond acceptors (Lipinski definition) is 1. The van der Waals surface area contributed by atoms with Crippen molar-refractivity contribution in [2.45, 2.75) is 70.8 Å². The second-order valence-electron chi connectivity index (χ2n) is 7.06. The molecule has 0 atom stereocenters. The van der Waals surface area contributed by atoms with Crippen LogP contribution in [0.4, 0.5) is 0 Å². The minimum atomic E-state index is -0.564. The quantitative estimate of drug-likeness (QED) is 0.779. The van der Waals surface area contributed by atoms with Crippen LogP contribution in [0.1, 0.15) is 68.1 Å². The van der Waals surface area contributed by atoms with E-state index >= 15 is 0 Å². The van der Waals surface area contributed by atoms with Crippen LogP contribution in [0, 0.1) is 19.3 Å². The smallest absolute Gasteiger partial charge is 0.0899 e. The molecule has 0 radical (unpaired) electrons. The van der Waals surface area contributed by atoms with Crippen LogP contribution in [0.2, 0.25) is 0 Å². The van der Waals surface area contributed by atoms with E-state index in [1.807, 2.05) is 0 Å². The molecule has 104 valence electrons. The molecule has 0 amide bonds. The lowest BCUT2D eigenvalue weighted by molar-refractivity contribution is -0.0380. The van der Waals surface area contributed by atoms with Gasteiger partial charge in [0.15, 0.2) is 0 Å². The van der Waals surface area contributed by atoms with Gasteiger partial charge in [0.2, 0.25) is 0 Å². The third-order valence-corrected chi connectivity index (χ3v) is 5.69. The second kappa shape index (κ2) is 4.63. The van der Waals surface area contributed by atoms with Gasteiger partial charge in [-0.2, -0.15) is 0 Å². The van der Waals surface area contributed by atoms with Gasteiger partial charge >= 0.3 is 0 Å². The summed E-state index contributed by atoms with van der Waals surface area (Å²) in [5, 5.41) is 11.1. The van der Waals surface area contributed by atoms with Crippen molar-refractivity contribution >= 4 is 0 Å². The van der Waals surface area contributed by atoms with Crippen molar-refractivity contribution in [3.8, 4) is 0 Å². The van der Waals surface area contributed by atoms with Crippen LogP contribution in [0.3, 0.4) is 0 Å². The van der Waals surface area contributed by atoms with Gasteiger partial charge in [0.1, 0.15) is 0 Å². The third kappa shape index (κ3) is 2.33. The van der Waals surface area contributed by atoms with Crippen molar-refractivity contribution in [3.63, 3.8) is 0 Å². The van der Waals surface area contributed by atoms with Gasteiger partial charge in [0.05, 0.1) is 5.60 Å². The Morgan fingerprint density at radius 2 is 1.53 bits per heavy atom. The van der Waals surface area contributed by atoms with Gasteiger partial charge in [0.25, 0.3) is 0 Å². The molecule has 2 saturated carbocycles. The molecule has 0 heterocycles. The Morgan fingerprint density at radius 3 is 2.11 bits per heavy atom. The molecule has 0 bridgehead atoms. The molecule has 3 rings (SSSR count). The van der Waals surface area contributed by atoms with Gasteiger partial charge in [0, 0.05) is 0 Å². The molecule has 0 aromatic heterocycles. The van der Waals surface area contributed by atoms with E-state index in [0.29, 0.717) is 5.41 Å². The highest BCUT2D eigenvalue weighted by Crippen LogP contribution is 2.53. The van der Waals surface area contributed by atoms with E-state index in [1.165, 1.54) is 55.2 Å². The normalized spacial score (nSPS) is 24.8. The minimum Gasteiger partial charge on any atom is -0.385 e. The molecule has 2 aliphatic carbocycles. The summed E-state index contributed by atoms with van der Waals surface area (Å²) in [6, 6.07) is 6.49. The maximum absolute atomic E-state index is 11.1. The lowest BCUT2D eigenvalue weighted by atomic mass is 9.65. The zero-order chi connectivity index (χ0) is 13.5. The number of aryl methyl sites for hydroxylation is 2. The summed E-state index contributed by atoms with van der Waals surface area (Å²) in [7, 11) is 0. The zero-order valence-corrected chi connectivity index (χ0v) is 12.3. The predicted octanol–water partition coefficient (Wildman–Crippen LogP) is 4.63. The Bertz CT molecular complexity index is 459. The highest BCUT2D eigenvalue weighted by molar-refractivity contribution is 5.35. The molecule has 0 aliphatic heterocycles. The van der Waals surface area contributed by atoms with E-state index in [2.05, 4.69) is 32.0 Å². The molecule has 19 heavy (non-hydrogen) atoms. The Hall–Kier alpha value is -0.820. The molecule has 0 saturated heterocycles. The first-order chi connectivity index (χ1) is 9.03. The summed E-state index contributed by atoms with van der Waals surface area (Å²) < 4.78 is 0. The fourth-order valence-electron chi connectivity index (χ4n) is 4.42. The Balaban J connectivity index is 1.81.